The summed E-state index contributed by atoms with van der Waals surface area (Å²) in [6.45, 7) is 0.484. The zero-order valence-corrected chi connectivity index (χ0v) is 10.5. The maximum atomic E-state index is 12.2. The first-order chi connectivity index (χ1) is 8.66. The summed E-state index contributed by atoms with van der Waals surface area (Å²) < 4.78 is 0. The van der Waals surface area contributed by atoms with Crippen LogP contribution in [0, 0.1) is 0 Å². The molecule has 5 nitrogen and oxygen atoms in total. The average molecular weight is 264 g/mol. The molecule has 1 aromatic rings. The van der Waals surface area contributed by atoms with Crippen molar-refractivity contribution in [2.75, 3.05) is 0 Å². The van der Waals surface area contributed by atoms with E-state index in [1.807, 2.05) is 5.38 Å². The van der Waals surface area contributed by atoms with E-state index in [9.17, 15) is 14.4 Å². The first kappa shape index (κ1) is 11.4. The lowest BCUT2D eigenvalue weighted by atomic mass is 10.1. The Morgan fingerprint density at radius 2 is 2.17 bits per heavy atom. The van der Waals surface area contributed by atoms with Crippen molar-refractivity contribution in [3.63, 3.8) is 0 Å². The molecule has 1 atom stereocenters. The number of fused-ring (bicyclic) bond motifs is 1. The quantitative estimate of drug-likeness (QED) is 0.766. The van der Waals surface area contributed by atoms with Crippen LogP contribution >= 0.6 is 11.3 Å². The summed E-state index contributed by atoms with van der Waals surface area (Å²) in [7, 11) is 0. The molecule has 0 spiro atoms. The highest BCUT2D eigenvalue weighted by atomic mass is 32.1. The summed E-state index contributed by atoms with van der Waals surface area (Å²) >= 11 is 1.53. The van der Waals surface area contributed by atoms with Gasteiger partial charge < -0.3 is 4.90 Å². The average Bonchev–Trinajstić information content (AvgIpc) is 2.84. The van der Waals surface area contributed by atoms with Crippen molar-refractivity contribution in [2.45, 2.75) is 31.8 Å². The lowest BCUT2D eigenvalue weighted by molar-refractivity contribution is -0.132. The van der Waals surface area contributed by atoms with Crippen LogP contribution in [0.2, 0.25) is 0 Å². The SMILES string of the molecule is O=C1CCCC(N2Cc3sccc3C2=O)C(=O)N1. The van der Waals surface area contributed by atoms with Gasteiger partial charge in [0.05, 0.1) is 12.1 Å². The van der Waals surface area contributed by atoms with Crippen LogP contribution in [0.5, 0.6) is 0 Å². The molecule has 3 amide bonds. The number of thiophene rings is 1. The minimum Gasteiger partial charge on any atom is -0.321 e. The van der Waals surface area contributed by atoms with E-state index in [2.05, 4.69) is 5.32 Å². The number of nitrogens with one attached hydrogen (secondary N) is 1. The van der Waals surface area contributed by atoms with E-state index < -0.39 is 6.04 Å². The van der Waals surface area contributed by atoms with Gasteiger partial charge in [0.25, 0.3) is 5.91 Å². The summed E-state index contributed by atoms with van der Waals surface area (Å²) in [6.07, 6.45) is 1.55. The minimum atomic E-state index is -0.511. The predicted octanol–water partition coefficient (Wildman–Crippen LogP) is 0.899. The number of carbonyl (C=O) groups is 3. The van der Waals surface area contributed by atoms with Gasteiger partial charge in [-0.3, -0.25) is 19.7 Å². The van der Waals surface area contributed by atoms with E-state index >= 15 is 0 Å². The number of rotatable bonds is 1. The Morgan fingerprint density at radius 3 is 2.94 bits per heavy atom. The molecule has 0 bridgehead atoms. The molecule has 2 aliphatic heterocycles. The normalized spacial score (nSPS) is 23.9. The van der Waals surface area contributed by atoms with Gasteiger partial charge in [-0.25, -0.2) is 0 Å². The Kier molecular flexibility index (Phi) is 2.66. The molecule has 2 aliphatic rings. The first-order valence-corrected chi connectivity index (χ1v) is 6.76. The smallest absolute Gasteiger partial charge is 0.256 e. The van der Waals surface area contributed by atoms with Crippen molar-refractivity contribution in [3.05, 3.63) is 21.9 Å². The number of amides is 3. The number of nitrogens with zero attached hydrogens (tertiary/aromatic N) is 1. The van der Waals surface area contributed by atoms with E-state index in [0.717, 1.165) is 4.88 Å². The third-order valence-corrected chi connectivity index (χ3v) is 4.28. The van der Waals surface area contributed by atoms with Crippen LogP contribution in [0.15, 0.2) is 11.4 Å². The van der Waals surface area contributed by atoms with Crippen LogP contribution in [-0.2, 0) is 16.1 Å². The van der Waals surface area contributed by atoms with Gasteiger partial charge in [0, 0.05) is 11.3 Å². The molecule has 0 radical (unpaired) electrons. The second-order valence-electron chi connectivity index (χ2n) is 4.51. The summed E-state index contributed by atoms with van der Waals surface area (Å²) in [5.74, 6) is -0.689. The molecule has 1 aromatic heterocycles. The fraction of sp³-hybridized carbons (Fsp3) is 0.417. The Bertz CT molecular complexity index is 537. The lowest BCUT2D eigenvalue weighted by Gasteiger charge is -2.24. The lowest BCUT2D eigenvalue weighted by Crippen LogP contribution is -2.46. The molecule has 0 saturated carbocycles. The van der Waals surface area contributed by atoms with Crippen molar-refractivity contribution in [3.8, 4) is 0 Å². The third kappa shape index (κ3) is 1.73. The standard InChI is InChI=1S/C12H12N2O3S/c15-10-3-1-2-8(11(16)13-10)14-6-9-7(12(14)17)4-5-18-9/h4-5,8H,1-3,6H2,(H,13,15,16). The molecular weight excluding hydrogens is 252 g/mol. The van der Waals surface area contributed by atoms with Crippen molar-refractivity contribution in [1.29, 1.82) is 0 Å². The minimum absolute atomic E-state index is 0.0965. The maximum Gasteiger partial charge on any atom is 0.256 e. The third-order valence-electron chi connectivity index (χ3n) is 3.37. The van der Waals surface area contributed by atoms with Gasteiger partial charge in [-0.1, -0.05) is 0 Å². The van der Waals surface area contributed by atoms with Gasteiger partial charge in [0.15, 0.2) is 0 Å². The highest BCUT2D eigenvalue weighted by Gasteiger charge is 2.38. The van der Waals surface area contributed by atoms with Crippen molar-refractivity contribution in [1.82, 2.24) is 10.2 Å². The van der Waals surface area contributed by atoms with E-state index in [1.54, 1.807) is 11.0 Å². The molecular formula is C12H12N2O3S. The zero-order valence-electron chi connectivity index (χ0n) is 9.64. The summed E-state index contributed by atoms with van der Waals surface area (Å²) in [4.78, 5) is 37.9. The Hall–Kier alpha value is -1.69. The second-order valence-corrected chi connectivity index (χ2v) is 5.51. The molecule has 94 valence electrons. The molecule has 18 heavy (non-hydrogen) atoms. The largest absolute Gasteiger partial charge is 0.321 e. The molecule has 1 saturated heterocycles. The van der Waals surface area contributed by atoms with Crippen LogP contribution in [0.3, 0.4) is 0 Å². The zero-order chi connectivity index (χ0) is 12.7. The molecule has 3 rings (SSSR count). The summed E-state index contributed by atoms with van der Waals surface area (Å²) in [5.41, 5.74) is 0.698. The van der Waals surface area contributed by atoms with Crippen LogP contribution in [0.1, 0.15) is 34.5 Å². The van der Waals surface area contributed by atoms with Crippen LogP contribution in [0.25, 0.3) is 0 Å². The van der Waals surface area contributed by atoms with Gasteiger partial charge in [-0.05, 0) is 24.3 Å². The molecule has 1 unspecified atom stereocenters. The molecule has 1 fully saturated rings. The first-order valence-electron chi connectivity index (χ1n) is 5.88. The molecule has 0 aromatic carbocycles. The molecule has 3 heterocycles. The van der Waals surface area contributed by atoms with E-state index in [-0.39, 0.29) is 17.7 Å². The Balaban J connectivity index is 1.84. The van der Waals surface area contributed by atoms with Gasteiger partial charge in [0.1, 0.15) is 6.04 Å². The van der Waals surface area contributed by atoms with E-state index in [1.165, 1.54) is 11.3 Å². The molecule has 0 aliphatic carbocycles. The number of imide groups is 1. The van der Waals surface area contributed by atoms with Crippen molar-refractivity contribution in [2.24, 2.45) is 0 Å². The number of hydrogen-bond acceptors (Lipinski definition) is 4. The molecule has 6 heteroatoms. The summed E-state index contributed by atoms with van der Waals surface area (Å²) in [5, 5.41) is 4.23. The highest BCUT2D eigenvalue weighted by Crippen LogP contribution is 2.30. The number of carbonyl (C=O) groups excluding carboxylic acids is 3. The van der Waals surface area contributed by atoms with Gasteiger partial charge >= 0.3 is 0 Å². The maximum absolute atomic E-state index is 12.2. The fourth-order valence-electron chi connectivity index (χ4n) is 2.45. The van der Waals surface area contributed by atoms with Gasteiger partial charge in [0.2, 0.25) is 11.8 Å². The van der Waals surface area contributed by atoms with Crippen molar-refractivity contribution < 1.29 is 14.4 Å². The van der Waals surface area contributed by atoms with Crippen LogP contribution in [-0.4, -0.2) is 28.7 Å². The summed E-state index contributed by atoms with van der Waals surface area (Å²) in [6, 6.07) is 1.28. The van der Waals surface area contributed by atoms with Crippen molar-refractivity contribution >= 4 is 29.1 Å². The Labute approximate surface area is 108 Å². The van der Waals surface area contributed by atoms with Crippen LogP contribution < -0.4 is 5.32 Å². The second kappa shape index (κ2) is 4.20. The van der Waals surface area contributed by atoms with E-state index in [0.29, 0.717) is 31.4 Å². The monoisotopic (exact) mass is 264 g/mol. The fourth-order valence-corrected chi connectivity index (χ4v) is 3.32. The highest BCUT2D eigenvalue weighted by molar-refractivity contribution is 7.10. The van der Waals surface area contributed by atoms with E-state index in [4.69, 9.17) is 0 Å². The molecule has 1 N–H and O–H groups in total. The van der Waals surface area contributed by atoms with Crippen LogP contribution in [0.4, 0.5) is 0 Å². The predicted molar refractivity (Wildman–Crippen MR) is 65.0 cm³/mol. The van der Waals surface area contributed by atoms with Gasteiger partial charge in [-0.15, -0.1) is 11.3 Å². The Morgan fingerprint density at radius 1 is 1.33 bits per heavy atom. The number of hydrogen-bond donors (Lipinski definition) is 1. The topological polar surface area (TPSA) is 66.5 Å². The van der Waals surface area contributed by atoms with Gasteiger partial charge in [-0.2, -0.15) is 0 Å².